The molecule has 0 N–H and O–H groups in total. The summed E-state index contributed by atoms with van der Waals surface area (Å²) in [5.41, 5.74) is 0. The SMILES string of the molecule is CCCC.c1ccncc1. The smallest absolute Gasteiger partial charge is 0.0267 e. The van der Waals surface area contributed by atoms with Crippen molar-refractivity contribution >= 4 is 0 Å². The maximum Gasteiger partial charge on any atom is 0.0267 e. The van der Waals surface area contributed by atoms with E-state index >= 15 is 0 Å². The fourth-order valence-electron chi connectivity index (χ4n) is 0.313. The van der Waals surface area contributed by atoms with Crippen molar-refractivity contribution in [2.75, 3.05) is 0 Å². The van der Waals surface area contributed by atoms with Crippen molar-refractivity contribution in [3.8, 4) is 0 Å². The Kier molecular flexibility index (Phi) is 7.46. The maximum absolute atomic E-state index is 3.78. The highest BCUT2D eigenvalue weighted by molar-refractivity contribution is 4.88. The van der Waals surface area contributed by atoms with Gasteiger partial charge in [-0.3, -0.25) is 4.98 Å². The molecule has 0 aliphatic heterocycles. The van der Waals surface area contributed by atoms with Gasteiger partial charge in [-0.15, -0.1) is 0 Å². The van der Waals surface area contributed by atoms with Gasteiger partial charge in [-0.05, 0) is 12.1 Å². The van der Waals surface area contributed by atoms with Gasteiger partial charge in [0.2, 0.25) is 0 Å². The lowest BCUT2D eigenvalue weighted by Crippen LogP contribution is -1.58. The second-order valence-electron chi connectivity index (χ2n) is 2.02. The topological polar surface area (TPSA) is 12.9 Å². The van der Waals surface area contributed by atoms with Gasteiger partial charge in [-0.25, -0.2) is 0 Å². The number of aromatic nitrogens is 1. The molecule has 0 aliphatic rings. The zero-order chi connectivity index (χ0) is 7.66. The molecule has 1 heteroatoms. The standard InChI is InChI=1S/C5H5N.C4H10/c1-2-4-6-5-3-1;1-3-4-2/h1-5H;3-4H2,1-2H3. The Morgan fingerprint density at radius 3 is 1.50 bits per heavy atom. The van der Waals surface area contributed by atoms with Crippen molar-refractivity contribution in [1.82, 2.24) is 4.98 Å². The fourth-order valence-corrected chi connectivity index (χ4v) is 0.313. The maximum atomic E-state index is 3.78. The summed E-state index contributed by atoms with van der Waals surface area (Å²) in [5, 5.41) is 0. The van der Waals surface area contributed by atoms with E-state index < -0.39 is 0 Å². The first-order valence-electron chi connectivity index (χ1n) is 3.76. The third kappa shape index (κ3) is 7.15. The van der Waals surface area contributed by atoms with Crippen molar-refractivity contribution in [2.45, 2.75) is 26.7 Å². The first-order chi connectivity index (χ1) is 4.91. The molecule has 0 fully saturated rings. The molecule has 0 radical (unpaired) electrons. The number of pyridine rings is 1. The van der Waals surface area contributed by atoms with Gasteiger partial charge in [-0.2, -0.15) is 0 Å². The molecule has 1 rings (SSSR count). The van der Waals surface area contributed by atoms with Gasteiger partial charge in [0.1, 0.15) is 0 Å². The van der Waals surface area contributed by atoms with Gasteiger partial charge in [-0.1, -0.05) is 32.8 Å². The minimum atomic E-state index is 1.32. The highest BCUT2D eigenvalue weighted by Crippen LogP contribution is 1.76. The Bertz CT molecular complexity index is 96.7. The molecule has 0 saturated heterocycles. The minimum absolute atomic E-state index is 1.32. The fraction of sp³-hybridized carbons (Fsp3) is 0.444. The van der Waals surface area contributed by atoms with Crippen LogP contribution in [-0.2, 0) is 0 Å². The van der Waals surface area contributed by atoms with E-state index in [0.29, 0.717) is 0 Å². The Morgan fingerprint density at radius 1 is 0.900 bits per heavy atom. The molecule has 0 saturated carbocycles. The highest BCUT2D eigenvalue weighted by Gasteiger charge is 1.58. The van der Waals surface area contributed by atoms with Crippen LogP contribution in [0.4, 0.5) is 0 Å². The van der Waals surface area contributed by atoms with Crippen molar-refractivity contribution < 1.29 is 0 Å². The van der Waals surface area contributed by atoms with E-state index in [1.54, 1.807) is 12.4 Å². The molecular formula is C9H15N. The number of rotatable bonds is 1. The molecule has 0 atom stereocenters. The summed E-state index contributed by atoms with van der Waals surface area (Å²) in [6.07, 6.45) is 6.14. The molecule has 0 amide bonds. The van der Waals surface area contributed by atoms with Gasteiger partial charge < -0.3 is 0 Å². The van der Waals surface area contributed by atoms with Crippen LogP contribution >= 0.6 is 0 Å². The molecule has 10 heavy (non-hydrogen) atoms. The number of hydrogen-bond donors (Lipinski definition) is 0. The lowest BCUT2D eigenvalue weighted by molar-refractivity contribution is 0.886. The molecular weight excluding hydrogens is 122 g/mol. The van der Waals surface area contributed by atoms with Crippen molar-refractivity contribution in [3.05, 3.63) is 30.6 Å². The first kappa shape index (κ1) is 9.15. The Morgan fingerprint density at radius 2 is 1.40 bits per heavy atom. The molecule has 1 nitrogen and oxygen atoms in total. The Hall–Kier alpha value is -0.850. The predicted octanol–water partition coefficient (Wildman–Crippen LogP) is 2.89. The summed E-state index contributed by atoms with van der Waals surface area (Å²) >= 11 is 0. The molecule has 1 aromatic rings. The molecule has 0 unspecified atom stereocenters. The van der Waals surface area contributed by atoms with Crippen LogP contribution in [0, 0.1) is 0 Å². The first-order valence-corrected chi connectivity index (χ1v) is 3.76. The summed E-state index contributed by atoms with van der Waals surface area (Å²) in [7, 11) is 0. The summed E-state index contributed by atoms with van der Waals surface area (Å²) in [4.78, 5) is 3.78. The number of hydrogen-bond acceptors (Lipinski definition) is 1. The van der Waals surface area contributed by atoms with Crippen molar-refractivity contribution in [3.63, 3.8) is 0 Å². The summed E-state index contributed by atoms with van der Waals surface area (Å²) < 4.78 is 0. The lowest BCUT2D eigenvalue weighted by Gasteiger charge is -1.70. The van der Waals surface area contributed by atoms with Crippen LogP contribution in [0.2, 0.25) is 0 Å². The molecule has 0 aromatic carbocycles. The Labute approximate surface area is 63.1 Å². The van der Waals surface area contributed by atoms with E-state index in [9.17, 15) is 0 Å². The zero-order valence-corrected chi connectivity index (χ0v) is 6.75. The van der Waals surface area contributed by atoms with Crippen LogP contribution in [0.1, 0.15) is 26.7 Å². The summed E-state index contributed by atoms with van der Waals surface area (Å²) in [5.74, 6) is 0. The van der Waals surface area contributed by atoms with E-state index in [4.69, 9.17) is 0 Å². The van der Waals surface area contributed by atoms with Gasteiger partial charge in [0, 0.05) is 12.4 Å². The van der Waals surface area contributed by atoms with Gasteiger partial charge in [0.15, 0.2) is 0 Å². The lowest BCUT2D eigenvalue weighted by atomic mass is 10.4. The van der Waals surface area contributed by atoms with Crippen LogP contribution in [0.3, 0.4) is 0 Å². The third-order valence-corrected chi connectivity index (χ3v) is 1.07. The van der Waals surface area contributed by atoms with Crippen LogP contribution in [-0.4, -0.2) is 4.98 Å². The van der Waals surface area contributed by atoms with Crippen LogP contribution in [0.15, 0.2) is 30.6 Å². The number of unbranched alkanes of at least 4 members (excludes halogenated alkanes) is 1. The van der Waals surface area contributed by atoms with E-state index in [0.717, 1.165) is 0 Å². The average molecular weight is 137 g/mol. The summed E-state index contributed by atoms with van der Waals surface area (Å²) in [6.45, 7) is 4.36. The Balaban J connectivity index is 0.000000180. The minimum Gasteiger partial charge on any atom is -0.265 e. The normalized spacial score (nSPS) is 7.80. The van der Waals surface area contributed by atoms with E-state index in [1.165, 1.54) is 12.8 Å². The summed E-state index contributed by atoms with van der Waals surface area (Å²) in [6, 6.07) is 5.72. The largest absolute Gasteiger partial charge is 0.265 e. The average Bonchev–Trinajstić information content (AvgIpc) is 2.08. The zero-order valence-electron chi connectivity index (χ0n) is 6.75. The van der Waals surface area contributed by atoms with Crippen LogP contribution in [0.25, 0.3) is 0 Å². The highest BCUT2D eigenvalue weighted by atomic mass is 14.6. The second kappa shape index (κ2) is 8.15. The monoisotopic (exact) mass is 137 g/mol. The van der Waals surface area contributed by atoms with Gasteiger partial charge in [0.05, 0.1) is 0 Å². The van der Waals surface area contributed by atoms with Crippen molar-refractivity contribution in [1.29, 1.82) is 0 Å². The van der Waals surface area contributed by atoms with Gasteiger partial charge >= 0.3 is 0 Å². The molecule has 0 spiro atoms. The quantitative estimate of drug-likeness (QED) is 0.580. The molecule has 0 bridgehead atoms. The number of nitrogens with zero attached hydrogens (tertiary/aromatic N) is 1. The second-order valence-corrected chi connectivity index (χ2v) is 2.02. The predicted molar refractivity (Wildman–Crippen MR) is 44.8 cm³/mol. The van der Waals surface area contributed by atoms with Gasteiger partial charge in [0.25, 0.3) is 0 Å². The molecule has 0 aliphatic carbocycles. The van der Waals surface area contributed by atoms with E-state index in [2.05, 4.69) is 18.8 Å². The van der Waals surface area contributed by atoms with Crippen LogP contribution < -0.4 is 0 Å². The van der Waals surface area contributed by atoms with Crippen molar-refractivity contribution in [2.24, 2.45) is 0 Å². The third-order valence-electron chi connectivity index (χ3n) is 1.07. The molecule has 56 valence electrons. The molecule has 1 heterocycles. The molecule has 1 aromatic heterocycles. The van der Waals surface area contributed by atoms with E-state index in [1.807, 2.05) is 18.2 Å². The van der Waals surface area contributed by atoms with E-state index in [-0.39, 0.29) is 0 Å². The van der Waals surface area contributed by atoms with Crippen LogP contribution in [0.5, 0.6) is 0 Å².